The number of nitrogens with one attached hydrogen (secondary N) is 1. The van der Waals surface area contributed by atoms with Gasteiger partial charge in [0.25, 0.3) is 0 Å². The Balaban J connectivity index is 2.33. The van der Waals surface area contributed by atoms with Crippen LogP contribution in [0.15, 0.2) is 29.2 Å². The fourth-order valence-electron chi connectivity index (χ4n) is 3.11. The lowest BCUT2D eigenvalue weighted by atomic mass is 9.89. The third-order valence-corrected chi connectivity index (χ3v) is 8.43. The van der Waals surface area contributed by atoms with Gasteiger partial charge in [-0.15, -0.1) is 0 Å². The van der Waals surface area contributed by atoms with Gasteiger partial charge in [0.15, 0.2) is 0 Å². The van der Waals surface area contributed by atoms with E-state index in [2.05, 4.69) is 4.72 Å². The molecule has 0 bridgehead atoms. The molecule has 1 fully saturated rings. The maximum atomic E-state index is 12.9. The van der Waals surface area contributed by atoms with Crippen molar-refractivity contribution in [2.75, 3.05) is 14.2 Å². The molecule has 0 aromatic heterocycles. The fourth-order valence-corrected chi connectivity index (χ4v) is 6.61. The maximum absolute atomic E-state index is 12.9. The van der Waals surface area contributed by atoms with Gasteiger partial charge in [0.2, 0.25) is 10.0 Å². The van der Waals surface area contributed by atoms with Crippen LogP contribution in [0.1, 0.15) is 37.7 Å². The quantitative estimate of drug-likeness (QED) is 0.736. The zero-order valence-electron chi connectivity index (χ0n) is 14.4. The monoisotopic (exact) mass is 375 g/mol. The summed E-state index contributed by atoms with van der Waals surface area (Å²) >= 11 is 0. The maximum Gasteiger partial charge on any atom is 0.348 e. The highest BCUT2D eigenvalue weighted by Gasteiger charge is 2.43. The molecule has 1 N–H and O–H groups in total. The lowest BCUT2D eigenvalue weighted by Crippen LogP contribution is -2.41. The van der Waals surface area contributed by atoms with Crippen LogP contribution in [-0.2, 0) is 23.6 Å². The standard InChI is InChI=1S/C16H26NO5PS/c1-13-9-11-15(12-10-13)24(19,20)17-16(23(18,21-2)22-3)14-7-5-4-6-8-14/h9-12,14,16-17H,4-8H2,1-3H3. The largest absolute Gasteiger partial charge is 0.348 e. The number of sulfonamides is 1. The normalized spacial score (nSPS) is 18.5. The van der Waals surface area contributed by atoms with Gasteiger partial charge in [-0.3, -0.25) is 4.57 Å². The van der Waals surface area contributed by atoms with Crippen molar-refractivity contribution in [1.82, 2.24) is 4.72 Å². The molecule has 0 saturated heterocycles. The van der Waals surface area contributed by atoms with Gasteiger partial charge in [0, 0.05) is 14.2 Å². The predicted octanol–water partition coefficient (Wildman–Crippen LogP) is 3.67. The molecule has 0 radical (unpaired) electrons. The molecule has 1 unspecified atom stereocenters. The summed E-state index contributed by atoms with van der Waals surface area (Å²) in [6.07, 6.45) is 4.69. The Morgan fingerprint density at radius 2 is 1.62 bits per heavy atom. The van der Waals surface area contributed by atoms with E-state index in [9.17, 15) is 13.0 Å². The first-order chi connectivity index (χ1) is 11.3. The molecule has 2 rings (SSSR count). The summed E-state index contributed by atoms with van der Waals surface area (Å²) in [7, 11) is -4.80. The summed E-state index contributed by atoms with van der Waals surface area (Å²) in [5, 5.41) is 0. The van der Waals surface area contributed by atoms with E-state index in [-0.39, 0.29) is 10.8 Å². The molecule has 1 aromatic rings. The van der Waals surface area contributed by atoms with Crippen LogP contribution in [0.5, 0.6) is 0 Å². The molecule has 0 amide bonds. The van der Waals surface area contributed by atoms with Crippen molar-refractivity contribution < 1.29 is 22.0 Å². The second kappa shape index (κ2) is 8.11. The van der Waals surface area contributed by atoms with E-state index in [1.165, 1.54) is 14.2 Å². The predicted molar refractivity (Wildman–Crippen MR) is 93.5 cm³/mol. The summed E-state index contributed by atoms with van der Waals surface area (Å²) in [6.45, 7) is 1.89. The molecule has 1 aliphatic rings. The van der Waals surface area contributed by atoms with Crippen LogP contribution >= 0.6 is 7.60 Å². The zero-order chi connectivity index (χ0) is 17.8. The van der Waals surface area contributed by atoms with Gasteiger partial charge >= 0.3 is 7.60 Å². The third-order valence-electron chi connectivity index (χ3n) is 4.55. The first-order valence-corrected chi connectivity index (χ1v) is 11.2. The molecule has 1 saturated carbocycles. The molecule has 1 aliphatic carbocycles. The summed E-state index contributed by atoms with van der Waals surface area (Å²) in [5.74, 6) is -0.941. The average molecular weight is 375 g/mol. The van der Waals surface area contributed by atoms with Crippen molar-refractivity contribution in [2.45, 2.75) is 49.7 Å². The minimum absolute atomic E-state index is 0.0651. The van der Waals surface area contributed by atoms with Gasteiger partial charge in [-0.25, -0.2) is 8.42 Å². The van der Waals surface area contributed by atoms with Gasteiger partial charge in [0.1, 0.15) is 5.78 Å². The van der Waals surface area contributed by atoms with Crippen LogP contribution in [0.4, 0.5) is 0 Å². The van der Waals surface area contributed by atoms with Gasteiger partial charge in [-0.1, -0.05) is 37.0 Å². The Morgan fingerprint density at radius 1 is 1.08 bits per heavy atom. The Labute approximate surface area is 144 Å². The van der Waals surface area contributed by atoms with Crippen molar-refractivity contribution in [3.05, 3.63) is 29.8 Å². The highest BCUT2D eigenvalue weighted by atomic mass is 32.2. The van der Waals surface area contributed by atoms with Crippen molar-refractivity contribution in [3.63, 3.8) is 0 Å². The zero-order valence-corrected chi connectivity index (χ0v) is 16.1. The number of hydrogen-bond donors (Lipinski definition) is 1. The molecule has 8 heteroatoms. The van der Waals surface area contributed by atoms with Gasteiger partial charge < -0.3 is 9.05 Å². The van der Waals surface area contributed by atoms with E-state index in [0.29, 0.717) is 0 Å². The van der Waals surface area contributed by atoms with E-state index in [0.717, 1.165) is 37.7 Å². The number of aryl methyl sites for hydroxylation is 1. The molecule has 1 atom stereocenters. The molecule has 0 heterocycles. The van der Waals surface area contributed by atoms with Crippen LogP contribution < -0.4 is 4.72 Å². The van der Waals surface area contributed by atoms with E-state index in [1.807, 2.05) is 6.92 Å². The highest BCUT2D eigenvalue weighted by Crippen LogP contribution is 2.55. The molecular weight excluding hydrogens is 349 g/mol. The van der Waals surface area contributed by atoms with Crippen LogP contribution in [0, 0.1) is 12.8 Å². The summed E-state index contributed by atoms with van der Waals surface area (Å²) < 4.78 is 51.2. The van der Waals surface area contributed by atoms with Crippen molar-refractivity contribution in [1.29, 1.82) is 0 Å². The van der Waals surface area contributed by atoms with Crippen LogP contribution in [0.3, 0.4) is 0 Å². The Morgan fingerprint density at radius 3 is 2.12 bits per heavy atom. The molecular formula is C16H26NO5PS. The molecule has 1 aromatic carbocycles. The summed E-state index contributed by atoms with van der Waals surface area (Å²) in [6, 6.07) is 6.55. The lowest BCUT2D eigenvalue weighted by molar-refractivity contribution is 0.233. The molecule has 136 valence electrons. The van der Waals surface area contributed by atoms with Crippen molar-refractivity contribution in [2.24, 2.45) is 5.92 Å². The Hall–Kier alpha value is -0.720. The molecule has 6 nitrogen and oxygen atoms in total. The minimum atomic E-state index is -3.81. The van der Waals surface area contributed by atoms with E-state index in [4.69, 9.17) is 9.05 Å². The first-order valence-electron chi connectivity index (χ1n) is 8.12. The van der Waals surface area contributed by atoms with Gasteiger partial charge in [0.05, 0.1) is 4.90 Å². The van der Waals surface area contributed by atoms with Crippen molar-refractivity contribution in [3.8, 4) is 0 Å². The highest BCUT2D eigenvalue weighted by molar-refractivity contribution is 7.89. The van der Waals surface area contributed by atoms with E-state index < -0.39 is 23.4 Å². The number of rotatable bonds is 7. The van der Waals surface area contributed by atoms with E-state index >= 15 is 0 Å². The van der Waals surface area contributed by atoms with Crippen LogP contribution in [0.25, 0.3) is 0 Å². The van der Waals surface area contributed by atoms with Crippen LogP contribution in [0.2, 0.25) is 0 Å². The topological polar surface area (TPSA) is 81.7 Å². The van der Waals surface area contributed by atoms with Crippen molar-refractivity contribution >= 4 is 17.6 Å². The lowest BCUT2D eigenvalue weighted by Gasteiger charge is -2.33. The third kappa shape index (κ3) is 4.46. The molecule has 0 spiro atoms. The smallest absolute Gasteiger partial charge is 0.311 e. The molecule has 24 heavy (non-hydrogen) atoms. The van der Waals surface area contributed by atoms with Gasteiger partial charge in [-0.05, 0) is 37.8 Å². The second-order valence-electron chi connectivity index (χ2n) is 6.18. The fraction of sp³-hybridized carbons (Fsp3) is 0.625. The van der Waals surface area contributed by atoms with Gasteiger partial charge in [-0.2, -0.15) is 4.72 Å². The number of hydrogen-bond acceptors (Lipinski definition) is 5. The average Bonchev–Trinajstić information content (AvgIpc) is 2.60. The first kappa shape index (κ1) is 19.6. The number of benzene rings is 1. The summed E-state index contributed by atoms with van der Waals surface area (Å²) in [5.41, 5.74) is 0.970. The SMILES string of the molecule is COP(=O)(OC)C(NS(=O)(=O)c1ccc(C)cc1)C1CCCCC1. The minimum Gasteiger partial charge on any atom is -0.311 e. The summed E-state index contributed by atoms with van der Waals surface area (Å²) in [4.78, 5) is 0.146. The Bertz CT molecular complexity index is 675. The van der Waals surface area contributed by atoms with E-state index in [1.54, 1.807) is 24.3 Å². The Kier molecular flexibility index (Phi) is 6.62. The second-order valence-corrected chi connectivity index (χ2v) is 10.3. The van der Waals surface area contributed by atoms with Crippen LogP contribution in [-0.4, -0.2) is 28.4 Å². The molecule has 0 aliphatic heterocycles.